The number of rotatable bonds is 7. The van der Waals surface area contributed by atoms with E-state index in [1.807, 2.05) is 26.0 Å². The van der Waals surface area contributed by atoms with Crippen LogP contribution in [0.5, 0.6) is 5.75 Å². The minimum Gasteiger partial charge on any atom is -0.484 e. The van der Waals surface area contributed by atoms with Crippen LogP contribution < -0.4 is 10.3 Å². The maximum atomic E-state index is 13.4. The first kappa shape index (κ1) is 24.1. The molecule has 1 saturated carbocycles. The Bertz CT molecular complexity index is 1300. The molecule has 0 radical (unpaired) electrons. The molecular weight excluding hydrogens is 500 g/mol. The van der Waals surface area contributed by atoms with E-state index in [1.165, 1.54) is 23.4 Å². The zero-order chi connectivity index (χ0) is 24.2. The number of nitrogens with zero attached hydrogens (tertiary/aromatic N) is 4. The molecule has 0 amide bonds. The van der Waals surface area contributed by atoms with Gasteiger partial charge in [0.15, 0.2) is 5.75 Å². The lowest BCUT2D eigenvalue weighted by atomic mass is 9.88. The molecule has 1 aliphatic rings. The predicted molar refractivity (Wildman–Crippen MR) is 136 cm³/mol. The van der Waals surface area contributed by atoms with Crippen LogP contribution in [-0.2, 0) is 0 Å². The van der Waals surface area contributed by atoms with Crippen LogP contribution in [0.15, 0.2) is 50.8 Å². The van der Waals surface area contributed by atoms with Gasteiger partial charge in [-0.3, -0.25) is 14.9 Å². The fraction of sp³-hybridized carbons (Fsp3) is 0.400. The Kier molecular flexibility index (Phi) is 7.41. The molecule has 178 valence electrons. The van der Waals surface area contributed by atoms with E-state index in [2.05, 4.69) is 21.0 Å². The van der Waals surface area contributed by atoms with E-state index >= 15 is 0 Å². The highest BCUT2D eigenvalue weighted by molar-refractivity contribution is 9.10. The number of nitro groups is 1. The molecule has 8 nitrogen and oxygen atoms in total. The Balaban J connectivity index is 1.78. The monoisotopic (exact) mass is 526 g/mol. The minimum atomic E-state index is -0.468. The van der Waals surface area contributed by atoms with Crippen LogP contribution in [0.3, 0.4) is 0 Å². The van der Waals surface area contributed by atoms with E-state index in [0.29, 0.717) is 22.3 Å². The van der Waals surface area contributed by atoms with Crippen molar-refractivity contribution in [2.75, 3.05) is 0 Å². The van der Waals surface area contributed by atoms with Crippen LogP contribution in [0.1, 0.15) is 69.7 Å². The van der Waals surface area contributed by atoms with Gasteiger partial charge in [0.05, 0.1) is 28.1 Å². The smallest absolute Gasteiger partial charge is 0.311 e. The normalized spacial score (nSPS) is 15.6. The fourth-order valence-corrected chi connectivity index (χ4v) is 4.55. The first-order valence-corrected chi connectivity index (χ1v) is 12.4. The summed E-state index contributed by atoms with van der Waals surface area (Å²) in [6, 6.07) is 10.1. The van der Waals surface area contributed by atoms with E-state index in [1.54, 1.807) is 18.2 Å². The van der Waals surface area contributed by atoms with Crippen molar-refractivity contribution in [1.82, 2.24) is 9.66 Å². The maximum Gasteiger partial charge on any atom is 0.311 e. The largest absolute Gasteiger partial charge is 0.484 e. The van der Waals surface area contributed by atoms with Crippen molar-refractivity contribution >= 4 is 38.7 Å². The van der Waals surface area contributed by atoms with Gasteiger partial charge >= 0.3 is 5.69 Å². The van der Waals surface area contributed by atoms with Gasteiger partial charge < -0.3 is 4.74 Å². The standard InChI is InChI=1S/C25H27BrN4O4/c1-3-16(2)34-23-12-9-17(13-22(23)30(32)33)15-27-29-24(18-7-5-4-6-8-18)28-21-11-10-19(26)14-20(21)25(29)31/h9-16,18H,3-8H2,1-2H3/t16-/m0/s1. The molecule has 1 aliphatic carbocycles. The average molecular weight is 527 g/mol. The van der Waals surface area contributed by atoms with Crippen molar-refractivity contribution in [1.29, 1.82) is 0 Å². The molecule has 0 saturated heterocycles. The highest BCUT2D eigenvalue weighted by atomic mass is 79.9. The van der Waals surface area contributed by atoms with Gasteiger partial charge in [0, 0.05) is 22.0 Å². The second-order valence-electron chi connectivity index (χ2n) is 8.65. The molecule has 2 aromatic carbocycles. The summed E-state index contributed by atoms with van der Waals surface area (Å²) in [6.07, 6.45) is 7.34. The van der Waals surface area contributed by atoms with Crippen molar-refractivity contribution in [3.05, 3.63) is 72.7 Å². The Morgan fingerprint density at radius 2 is 2.03 bits per heavy atom. The van der Waals surface area contributed by atoms with Crippen LogP contribution in [0.4, 0.5) is 5.69 Å². The number of fused-ring (bicyclic) bond motifs is 1. The lowest BCUT2D eigenvalue weighted by molar-refractivity contribution is -0.386. The Morgan fingerprint density at radius 1 is 1.26 bits per heavy atom. The van der Waals surface area contributed by atoms with Crippen molar-refractivity contribution in [2.45, 2.75) is 64.4 Å². The fourth-order valence-electron chi connectivity index (χ4n) is 4.18. The zero-order valence-corrected chi connectivity index (χ0v) is 20.8. The van der Waals surface area contributed by atoms with Gasteiger partial charge in [0.25, 0.3) is 5.56 Å². The molecule has 0 unspecified atom stereocenters. The van der Waals surface area contributed by atoms with Gasteiger partial charge in [0.2, 0.25) is 0 Å². The van der Waals surface area contributed by atoms with Gasteiger partial charge in [-0.15, -0.1) is 0 Å². The lowest BCUT2D eigenvalue weighted by Crippen LogP contribution is -2.25. The van der Waals surface area contributed by atoms with Gasteiger partial charge in [-0.1, -0.05) is 42.1 Å². The third kappa shape index (κ3) is 5.19. The number of benzene rings is 2. The molecule has 1 heterocycles. The van der Waals surface area contributed by atoms with Crippen LogP contribution in [0, 0.1) is 10.1 Å². The highest BCUT2D eigenvalue weighted by Gasteiger charge is 2.23. The second-order valence-corrected chi connectivity index (χ2v) is 9.56. The van der Waals surface area contributed by atoms with E-state index in [0.717, 1.165) is 36.6 Å². The second kappa shape index (κ2) is 10.5. The summed E-state index contributed by atoms with van der Waals surface area (Å²) in [5.41, 5.74) is 0.750. The minimum absolute atomic E-state index is 0.135. The molecule has 4 rings (SSSR count). The molecule has 0 aliphatic heterocycles. The number of nitro benzene ring substituents is 1. The molecule has 1 atom stereocenters. The Hall–Kier alpha value is -3.07. The van der Waals surface area contributed by atoms with Crippen LogP contribution in [-0.4, -0.2) is 26.9 Å². The molecule has 0 N–H and O–H groups in total. The third-order valence-electron chi connectivity index (χ3n) is 6.21. The van der Waals surface area contributed by atoms with Crippen LogP contribution in [0.2, 0.25) is 0 Å². The Labute approximate surface area is 205 Å². The molecule has 34 heavy (non-hydrogen) atoms. The summed E-state index contributed by atoms with van der Waals surface area (Å²) in [4.78, 5) is 29.4. The quantitative estimate of drug-likeness (QED) is 0.208. The van der Waals surface area contributed by atoms with Crippen LogP contribution >= 0.6 is 15.9 Å². The molecule has 9 heteroatoms. The van der Waals surface area contributed by atoms with Gasteiger partial charge in [-0.25, -0.2) is 4.98 Å². The first-order valence-electron chi connectivity index (χ1n) is 11.6. The van der Waals surface area contributed by atoms with Gasteiger partial charge in [0.1, 0.15) is 5.82 Å². The zero-order valence-electron chi connectivity index (χ0n) is 19.2. The maximum absolute atomic E-state index is 13.4. The molecule has 0 spiro atoms. The molecular formula is C25H27BrN4O4. The number of aromatic nitrogens is 2. The summed E-state index contributed by atoms with van der Waals surface area (Å²) in [7, 11) is 0. The van der Waals surface area contributed by atoms with E-state index in [9.17, 15) is 14.9 Å². The summed E-state index contributed by atoms with van der Waals surface area (Å²) in [5.74, 6) is 1.00. The summed E-state index contributed by atoms with van der Waals surface area (Å²) < 4.78 is 7.84. The van der Waals surface area contributed by atoms with Gasteiger partial charge in [-0.05, 0) is 56.5 Å². The average Bonchev–Trinajstić information content (AvgIpc) is 2.84. The number of hydrogen-bond acceptors (Lipinski definition) is 6. The van der Waals surface area contributed by atoms with E-state index in [4.69, 9.17) is 9.72 Å². The predicted octanol–water partition coefficient (Wildman–Crippen LogP) is 6.17. The molecule has 0 bridgehead atoms. The third-order valence-corrected chi connectivity index (χ3v) is 6.70. The summed E-state index contributed by atoms with van der Waals surface area (Å²) in [6.45, 7) is 3.82. The van der Waals surface area contributed by atoms with Crippen molar-refractivity contribution in [3.63, 3.8) is 0 Å². The molecule has 1 fully saturated rings. The van der Waals surface area contributed by atoms with Crippen molar-refractivity contribution in [2.24, 2.45) is 5.10 Å². The highest BCUT2D eigenvalue weighted by Crippen LogP contribution is 2.32. The summed E-state index contributed by atoms with van der Waals surface area (Å²) in [5, 5.41) is 16.6. The number of ether oxygens (including phenoxy) is 1. The lowest BCUT2D eigenvalue weighted by Gasteiger charge is -2.22. The van der Waals surface area contributed by atoms with E-state index in [-0.39, 0.29) is 29.0 Å². The summed E-state index contributed by atoms with van der Waals surface area (Å²) >= 11 is 3.42. The van der Waals surface area contributed by atoms with Crippen molar-refractivity contribution in [3.8, 4) is 5.75 Å². The topological polar surface area (TPSA) is 99.6 Å². The van der Waals surface area contributed by atoms with E-state index < -0.39 is 4.92 Å². The van der Waals surface area contributed by atoms with Crippen LogP contribution in [0.25, 0.3) is 10.9 Å². The number of halogens is 1. The van der Waals surface area contributed by atoms with Crippen molar-refractivity contribution < 1.29 is 9.66 Å². The first-order chi connectivity index (χ1) is 16.4. The Morgan fingerprint density at radius 3 is 2.74 bits per heavy atom. The number of hydrogen-bond donors (Lipinski definition) is 0. The molecule has 3 aromatic rings. The van der Waals surface area contributed by atoms with Gasteiger partial charge in [-0.2, -0.15) is 9.78 Å². The SMILES string of the molecule is CC[C@H](C)Oc1ccc(C=Nn2c(C3CCCCC3)nc3ccc(Br)cc3c2=O)cc1[N+](=O)[O-]. The molecule has 1 aromatic heterocycles.